The van der Waals surface area contributed by atoms with Gasteiger partial charge in [-0.15, -0.1) is 5.10 Å². The average molecular weight is 203 g/mol. The van der Waals surface area contributed by atoms with Gasteiger partial charge in [0.15, 0.2) is 0 Å². The molecule has 0 aliphatic carbocycles. The van der Waals surface area contributed by atoms with Crippen molar-refractivity contribution in [3.05, 3.63) is 10.7 Å². The first-order valence-corrected chi connectivity index (χ1v) is 4.52. The van der Waals surface area contributed by atoms with Crippen molar-refractivity contribution in [1.82, 2.24) is 9.78 Å². The minimum Gasteiger partial charge on any atom is -0.480 e. The van der Waals surface area contributed by atoms with Crippen LogP contribution in [0.15, 0.2) is 0 Å². The Morgan fingerprint density at radius 3 is 2.23 bits per heavy atom. The third kappa shape index (κ3) is 1.80. The zero-order valence-electron chi connectivity index (χ0n) is 8.68. The molecule has 3 nitrogen and oxygen atoms in total. The maximum atomic E-state index is 6.10. The number of hydrogen-bond donors (Lipinski definition) is 0. The van der Waals surface area contributed by atoms with Crippen LogP contribution >= 0.6 is 11.6 Å². The van der Waals surface area contributed by atoms with Crippen LogP contribution in [-0.2, 0) is 12.5 Å². The molecule has 0 saturated carbocycles. The van der Waals surface area contributed by atoms with E-state index in [1.54, 1.807) is 18.8 Å². The summed E-state index contributed by atoms with van der Waals surface area (Å²) >= 11 is 6.10. The van der Waals surface area contributed by atoms with Crippen LogP contribution in [0.3, 0.4) is 0 Å². The Morgan fingerprint density at radius 2 is 1.92 bits per heavy atom. The predicted molar refractivity (Wildman–Crippen MR) is 53.5 cm³/mol. The largest absolute Gasteiger partial charge is 0.480 e. The first kappa shape index (κ1) is 10.4. The van der Waals surface area contributed by atoms with Crippen molar-refractivity contribution in [2.75, 3.05) is 7.11 Å². The van der Waals surface area contributed by atoms with E-state index in [4.69, 9.17) is 16.3 Å². The molecule has 0 aromatic carbocycles. The van der Waals surface area contributed by atoms with Gasteiger partial charge in [-0.25, -0.2) is 0 Å². The molecule has 74 valence electrons. The molecule has 0 aliphatic rings. The van der Waals surface area contributed by atoms with E-state index in [2.05, 4.69) is 25.9 Å². The molecule has 0 N–H and O–H groups in total. The highest BCUT2D eigenvalue weighted by Crippen LogP contribution is 2.35. The molecule has 1 rings (SSSR count). The minimum absolute atomic E-state index is 0.0450. The fourth-order valence-electron chi connectivity index (χ4n) is 1.25. The van der Waals surface area contributed by atoms with E-state index in [1.165, 1.54) is 0 Å². The van der Waals surface area contributed by atoms with Gasteiger partial charge in [0.2, 0.25) is 5.88 Å². The van der Waals surface area contributed by atoms with E-state index in [-0.39, 0.29) is 5.41 Å². The summed E-state index contributed by atoms with van der Waals surface area (Å²) < 4.78 is 6.78. The lowest BCUT2D eigenvalue weighted by molar-refractivity contribution is 0.379. The first-order chi connectivity index (χ1) is 5.88. The Morgan fingerprint density at radius 1 is 1.38 bits per heavy atom. The van der Waals surface area contributed by atoms with E-state index in [0.717, 1.165) is 5.56 Å². The molecule has 0 radical (unpaired) electrons. The number of nitrogens with zero attached hydrogens (tertiary/aromatic N) is 2. The maximum absolute atomic E-state index is 6.10. The van der Waals surface area contributed by atoms with Crippen LogP contribution < -0.4 is 4.74 Å². The van der Waals surface area contributed by atoms with Gasteiger partial charge in [0, 0.05) is 7.05 Å². The molecule has 1 aromatic heterocycles. The van der Waals surface area contributed by atoms with Gasteiger partial charge in [-0.05, 0) is 5.41 Å². The Bertz CT molecular complexity index is 312. The normalized spacial score (nSPS) is 11.8. The Kier molecular flexibility index (Phi) is 2.57. The topological polar surface area (TPSA) is 27.1 Å². The Balaban J connectivity index is 3.33. The number of aromatic nitrogens is 2. The lowest BCUT2D eigenvalue weighted by Crippen LogP contribution is -2.12. The van der Waals surface area contributed by atoms with Crippen molar-refractivity contribution >= 4 is 11.6 Å². The summed E-state index contributed by atoms with van der Waals surface area (Å²) in [6.45, 7) is 6.25. The molecular weight excluding hydrogens is 188 g/mol. The molecule has 0 aliphatic heterocycles. The minimum atomic E-state index is -0.0450. The quantitative estimate of drug-likeness (QED) is 0.699. The molecule has 0 bridgehead atoms. The molecular formula is C9H15ClN2O. The molecule has 0 atom stereocenters. The second kappa shape index (κ2) is 3.22. The zero-order chi connectivity index (χ0) is 10.2. The third-order valence-corrected chi connectivity index (χ3v) is 2.32. The number of rotatable bonds is 1. The smallest absolute Gasteiger partial charge is 0.237 e. The van der Waals surface area contributed by atoms with E-state index >= 15 is 0 Å². The SMILES string of the molecule is COc1nn(C)c(Cl)c1C(C)(C)C. The van der Waals surface area contributed by atoms with Crippen LogP contribution in [0.1, 0.15) is 26.3 Å². The van der Waals surface area contributed by atoms with Crippen molar-refractivity contribution in [2.45, 2.75) is 26.2 Å². The van der Waals surface area contributed by atoms with E-state index in [9.17, 15) is 0 Å². The summed E-state index contributed by atoms with van der Waals surface area (Å²) in [7, 11) is 3.41. The highest BCUT2D eigenvalue weighted by atomic mass is 35.5. The summed E-state index contributed by atoms with van der Waals surface area (Å²) in [5.74, 6) is 0.611. The van der Waals surface area contributed by atoms with Crippen molar-refractivity contribution < 1.29 is 4.74 Å². The summed E-state index contributed by atoms with van der Waals surface area (Å²) in [6.07, 6.45) is 0. The molecule has 0 fully saturated rings. The van der Waals surface area contributed by atoms with Crippen LogP contribution in [0, 0.1) is 0 Å². The Labute approximate surface area is 83.6 Å². The fraction of sp³-hybridized carbons (Fsp3) is 0.667. The van der Waals surface area contributed by atoms with Gasteiger partial charge in [-0.3, -0.25) is 4.68 Å². The average Bonchev–Trinajstić information content (AvgIpc) is 2.26. The highest BCUT2D eigenvalue weighted by Gasteiger charge is 2.26. The second-order valence-electron chi connectivity index (χ2n) is 4.05. The predicted octanol–water partition coefficient (Wildman–Crippen LogP) is 2.38. The number of aryl methyl sites for hydroxylation is 1. The number of halogens is 1. The lowest BCUT2D eigenvalue weighted by Gasteiger charge is -2.18. The van der Waals surface area contributed by atoms with Gasteiger partial charge < -0.3 is 4.74 Å². The van der Waals surface area contributed by atoms with E-state index in [0.29, 0.717) is 11.0 Å². The van der Waals surface area contributed by atoms with Gasteiger partial charge >= 0.3 is 0 Å². The van der Waals surface area contributed by atoms with Crippen LogP contribution in [0.2, 0.25) is 5.15 Å². The molecule has 13 heavy (non-hydrogen) atoms. The van der Waals surface area contributed by atoms with Crippen molar-refractivity contribution in [1.29, 1.82) is 0 Å². The number of hydrogen-bond acceptors (Lipinski definition) is 2. The molecule has 1 aromatic rings. The van der Waals surface area contributed by atoms with Crippen molar-refractivity contribution in [3.8, 4) is 5.88 Å². The monoisotopic (exact) mass is 202 g/mol. The second-order valence-corrected chi connectivity index (χ2v) is 4.41. The number of ether oxygens (including phenoxy) is 1. The van der Waals surface area contributed by atoms with Crippen molar-refractivity contribution in [3.63, 3.8) is 0 Å². The zero-order valence-corrected chi connectivity index (χ0v) is 9.44. The van der Waals surface area contributed by atoms with Crippen molar-refractivity contribution in [2.24, 2.45) is 7.05 Å². The van der Waals surface area contributed by atoms with Gasteiger partial charge in [0.1, 0.15) is 5.15 Å². The van der Waals surface area contributed by atoms with Crippen LogP contribution in [-0.4, -0.2) is 16.9 Å². The maximum Gasteiger partial charge on any atom is 0.237 e. The van der Waals surface area contributed by atoms with Crippen LogP contribution in [0.25, 0.3) is 0 Å². The molecule has 0 unspecified atom stereocenters. The van der Waals surface area contributed by atoms with Crippen LogP contribution in [0.4, 0.5) is 0 Å². The molecule has 1 heterocycles. The third-order valence-electron chi connectivity index (χ3n) is 1.89. The molecule has 4 heteroatoms. The summed E-state index contributed by atoms with van der Waals surface area (Å²) in [4.78, 5) is 0. The summed E-state index contributed by atoms with van der Waals surface area (Å²) in [5.41, 5.74) is 0.913. The Hall–Kier alpha value is -0.700. The molecule has 0 saturated heterocycles. The van der Waals surface area contributed by atoms with Gasteiger partial charge in [0.05, 0.1) is 12.7 Å². The molecule has 0 amide bonds. The van der Waals surface area contributed by atoms with E-state index in [1.807, 2.05) is 0 Å². The lowest BCUT2D eigenvalue weighted by atomic mass is 9.89. The van der Waals surface area contributed by atoms with Gasteiger partial charge in [-0.1, -0.05) is 32.4 Å². The van der Waals surface area contributed by atoms with E-state index < -0.39 is 0 Å². The standard InChI is InChI=1S/C9H15ClN2O/c1-9(2,3)6-7(10)12(4)11-8(6)13-5/h1-5H3. The van der Waals surface area contributed by atoms with Crippen LogP contribution in [0.5, 0.6) is 5.88 Å². The summed E-state index contributed by atoms with van der Waals surface area (Å²) in [5, 5.41) is 4.80. The number of methoxy groups -OCH3 is 1. The summed E-state index contributed by atoms with van der Waals surface area (Å²) in [6, 6.07) is 0. The molecule has 0 spiro atoms. The van der Waals surface area contributed by atoms with Gasteiger partial charge in [-0.2, -0.15) is 0 Å². The fourth-order valence-corrected chi connectivity index (χ4v) is 1.66. The highest BCUT2D eigenvalue weighted by molar-refractivity contribution is 6.30. The first-order valence-electron chi connectivity index (χ1n) is 4.15. The van der Waals surface area contributed by atoms with Gasteiger partial charge in [0.25, 0.3) is 0 Å².